The van der Waals surface area contributed by atoms with Gasteiger partial charge in [-0.2, -0.15) is 0 Å². The van der Waals surface area contributed by atoms with E-state index in [0.29, 0.717) is 0 Å². The van der Waals surface area contributed by atoms with Crippen LogP contribution < -0.4 is 4.74 Å². The van der Waals surface area contributed by atoms with E-state index >= 15 is 0 Å². The van der Waals surface area contributed by atoms with Crippen molar-refractivity contribution < 1.29 is 4.74 Å². The molecule has 0 aromatic heterocycles. The summed E-state index contributed by atoms with van der Waals surface area (Å²) in [5.41, 5.74) is 3.55. The minimum Gasteiger partial charge on any atom is -0.481 e. The first-order valence-corrected chi connectivity index (χ1v) is 6.54. The Morgan fingerprint density at radius 1 is 1.00 bits per heavy atom. The van der Waals surface area contributed by atoms with Crippen LogP contribution in [0.15, 0.2) is 60.7 Å². The van der Waals surface area contributed by atoms with Crippen LogP contribution in [-0.2, 0) is 0 Å². The van der Waals surface area contributed by atoms with Crippen LogP contribution in [0.4, 0.5) is 0 Å². The molecule has 0 fully saturated rings. The van der Waals surface area contributed by atoms with Gasteiger partial charge in [0, 0.05) is 11.1 Å². The zero-order valence-corrected chi connectivity index (χ0v) is 10.9. The number of fused-ring (bicyclic) bond motifs is 1. The van der Waals surface area contributed by atoms with Gasteiger partial charge in [0.15, 0.2) is 0 Å². The first-order chi connectivity index (χ1) is 9.38. The van der Waals surface area contributed by atoms with Crippen LogP contribution in [0, 0.1) is 0 Å². The summed E-state index contributed by atoms with van der Waals surface area (Å²) in [6, 6.07) is 16.5. The Hall–Kier alpha value is -2.28. The fourth-order valence-corrected chi connectivity index (χ4v) is 2.36. The predicted molar refractivity (Wildman–Crippen MR) is 80.0 cm³/mol. The fourth-order valence-electron chi connectivity index (χ4n) is 2.36. The highest BCUT2D eigenvalue weighted by Gasteiger charge is 2.17. The van der Waals surface area contributed by atoms with E-state index in [1.807, 2.05) is 25.1 Å². The van der Waals surface area contributed by atoms with Crippen LogP contribution in [0.5, 0.6) is 5.75 Å². The zero-order valence-electron chi connectivity index (χ0n) is 10.9. The molecule has 0 saturated carbocycles. The maximum Gasteiger partial charge on any atom is 0.143 e. The van der Waals surface area contributed by atoms with Gasteiger partial charge in [0.05, 0.1) is 0 Å². The van der Waals surface area contributed by atoms with Gasteiger partial charge in [0.25, 0.3) is 0 Å². The van der Waals surface area contributed by atoms with Gasteiger partial charge in [0.1, 0.15) is 11.9 Å². The minimum atomic E-state index is -0.0118. The summed E-state index contributed by atoms with van der Waals surface area (Å²) < 4.78 is 6.08. The molecule has 0 N–H and O–H groups in total. The second kappa shape index (κ2) is 5.15. The van der Waals surface area contributed by atoms with Gasteiger partial charge >= 0.3 is 0 Å². The highest BCUT2D eigenvalue weighted by molar-refractivity contribution is 5.62. The molecule has 1 heteroatoms. The summed E-state index contributed by atoms with van der Waals surface area (Å²) in [6.07, 6.45) is 8.41. The van der Waals surface area contributed by atoms with Crippen LogP contribution in [0.25, 0.3) is 12.2 Å². The third kappa shape index (κ3) is 2.32. The summed E-state index contributed by atoms with van der Waals surface area (Å²) in [4.78, 5) is 0. The molecule has 1 aliphatic heterocycles. The Morgan fingerprint density at radius 3 is 2.68 bits per heavy atom. The molecule has 0 bridgehead atoms. The van der Waals surface area contributed by atoms with Crippen LogP contribution in [0.3, 0.4) is 0 Å². The van der Waals surface area contributed by atoms with E-state index in [0.717, 1.165) is 11.3 Å². The smallest absolute Gasteiger partial charge is 0.143 e. The van der Waals surface area contributed by atoms with Crippen molar-refractivity contribution in [3.63, 3.8) is 0 Å². The van der Waals surface area contributed by atoms with Crippen molar-refractivity contribution in [3.8, 4) is 5.75 Å². The monoisotopic (exact) mass is 248 g/mol. The molecule has 0 spiro atoms. The third-order valence-corrected chi connectivity index (χ3v) is 3.27. The summed E-state index contributed by atoms with van der Waals surface area (Å²) in [6.45, 7) is 2.03. The van der Waals surface area contributed by atoms with E-state index in [9.17, 15) is 0 Å². The van der Waals surface area contributed by atoms with Crippen LogP contribution >= 0.6 is 0 Å². The molecule has 2 aromatic rings. The van der Waals surface area contributed by atoms with E-state index in [1.165, 1.54) is 11.1 Å². The Bertz CT molecular complexity index is 638. The highest BCUT2D eigenvalue weighted by Crippen LogP contribution is 2.33. The molecule has 1 atom stereocenters. The lowest BCUT2D eigenvalue weighted by atomic mass is 9.99. The number of hydrogen-bond donors (Lipinski definition) is 0. The van der Waals surface area contributed by atoms with E-state index in [-0.39, 0.29) is 6.10 Å². The van der Waals surface area contributed by atoms with E-state index in [4.69, 9.17) is 4.74 Å². The van der Waals surface area contributed by atoms with Crippen molar-refractivity contribution in [1.82, 2.24) is 0 Å². The van der Waals surface area contributed by atoms with Gasteiger partial charge in [0.2, 0.25) is 0 Å². The van der Waals surface area contributed by atoms with Crippen molar-refractivity contribution in [3.05, 3.63) is 77.4 Å². The predicted octanol–water partition coefficient (Wildman–Crippen LogP) is 4.87. The van der Waals surface area contributed by atoms with Crippen LogP contribution in [0.2, 0.25) is 0 Å². The van der Waals surface area contributed by atoms with Crippen molar-refractivity contribution in [2.45, 2.75) is 13.0 Å². The lowest BCUT2D eigenvalue weighted by Gasteiger charge is -2.23. The Balaban J connectivity index is 1.98. The van der Waals surface area contributed by atoms with Crippen LogP contribution in [-0.4, -0.2) is 0 Å². The number of rotatable bonds is 2. The van der Waals surface area contributed by atoms with E-state index in [1.54, 1.807) is 0 Å². The summed E-state index contributed by atoms with van der Waals surface area (Å²) in [5.74, 6) is 0.949. The maximum atomic E-state index is 6.08. The molecule has 94 valence electrons. The van der Waals surface area contributed by atoms with Gasteiger partial charge in [-0.1, -0.05) is 60.7 Å². The Labute approximate surface area is 113 Å². The summed E-state index contributed by atoms with van der Waals surface area (Å²) in [7, 11) is 0. The average Bonchev–Trinajstić information content (AvgIpc) is 2.48. The van der Waals surface area contributed by atoms with Gasteiger partial charge in [-0.15, -0.1) is 0 Å². The molecular formula is C18H16O. The van der Waals surface area contributed by atoms with Gasteiger partial charge in [-0.3, -0.25) is 0 Å². The number of hydrogen-bond acceptors (Lipinski definition) is 1. The zero-order chi connectivity index (χ0) is 13.1. The molecule has 1 nitrogen and oxygen atoms in total. The van der Waals surface area contributed by atoms with Crippen molar-refractivity contribution in [2.24, 2.45) is 0 Å². The fraction of sp³-hybridized carbons (Fsp3) is 0.111. The highest BCUT2D eigenvalue weighted by atomic mass is 16.5. The lowest BCUT2D eigenvalue weighted by Crippen LogP contribution is -2.10. The third-order valence-electron chi connectivity index (χ3n) is 3.27. The molecule has 1 aliphatic rings. The minimum absolute atomic E-state index is 0.0118. The van der Waals surface area contributed by atoms with Crippen molar-refractivity contribution >= 4 is 12.2 Å². The topological polar surface area (TPSA) is 9.23 Å². The summed E-state index contributed by atoms with van der Waals surface area (Å²) in [5, 5.41) is 0. The van der Waals surface area contributed by atoms with Gasteiger partial charge in [-0.05, 0) is 24.6 Å². The quantitative estimate of drug-likeness (QED) is 0.737. The Kier molecular flexibility index (Phi) is 3.20. The second-order valence-corrected chi connectivity index (χ2v) is 4.56. The average molecular weight is 248 g/mol. The van der Waals surface area contributed by atoms with Gasteiger partial charge in [-0.25, -0.2) is 0 Å². The molecule has 0 aliphatic carbocycles. The van der Waals surface area contributed by atoms with Crippen LogP contribution in [0.1, 0.15) is 29.7 Å². The Morgan fingerprint density at radius 2 is 1.79 bits per heavy atom. The lowest BCUT2D eigenvalue weighted by molar-refractivity contribution is 0.251. The molecule has 0 radical (unpaired) electrons. The molecule has 0 amide bonds. The molecular weight excluding hydrogens is 232 g/mol. The van der Waals surface area contributed by atoms with Gasteiger partial charge < -0.3 is 4.74 Å². The van der Waals surface area contributed by atoms with Crippen molar-refractivity contribution in [2.75, 3.05) is 0 Å². The van der Waals surface area contributed by atoms with E-state index < -0.39 is 0 Å². The normalized spacial score (nSPS) is 17.2. The molecule has 1 unspecified atom stereocenters. The maximum absolute atomic E-state index is 6.08. The first kappa shape index (κ1) is 11.8. The SMILES string of the molecule is CC=Cc1ccccc1C1C=Cc2ccccc2O1. The number of para-hydroxylation sites is 1. The summed E-state index contributed by atoms with van der Waals surface area (Å²) >= 11 is 0. The number of ether oxygens (including phenoxy) is 1. The first-order valence-electron chi connectivity index (χ1n) is 6.54. The second-order valence-electron chi connectivity index (χ2n) is 4.56. The van der Waals surface area contributed by atoms with E-state index in [2.05, 4.69) is 54.6 Å². The standard InChI is InChI=1S/C18H16O/c1-2-7-14-8-3-5-10-16(14)18-13-12-15-9-4-6-11-17(15)19-18/h2-13,18H,1H3. The largest absolute Gasteiger partial charge is 0.481 e. The molecule has 3 rings (SSSR count). The van der Waals surface area contributed by atoms with Crippen molar-refractivity contribution in [1.29, 1.82) is 0 Å². The number of allylic oxidation sites excluding steroid dienone is 1. The molecule has 1 heterocycles. The molecule has 2 aromatic carbocycles. The molecule has 19 heavy (non-hydrogen) atoms. The molecule has 0 saturated heterocycles. The number of benzene rings is 2.